The molecule has 0 spiro atoms. The smallest absolute Gasteiger partial charge is 0.251 e. The number of nitrogens with zero attached hydrogens (tertiary/aromatic N) is 3. The lowest BCUT2D eigenvalue weighted by Crippen LogP contribution is -2.30. The largest absolute Gasteiger partial charge is 0.345 e. The molecule has 2 heterocycles. The van der Waals surface area contributed by atoms with Crippen molar-refractivity contribution in [3.05, 3.63) is 65.7 Å². The molecule has 3 aromatic rings. The molecule has 31 heavy (non-hydrogen) atoms. The van der Waals surface area contributed by atoms with Crippen LogP contribution >= 0.6 is 23.5 Å². The van der Waals surface area contributed by atoms with Crippen molar-refractivity contribution in [3.8, 4) is 0 Å². The summed E-state index contributed by atoms with van der Waals surface area (Å²) in [4.78, 5) is 25.8. The molecule has 0 radical (unpaired) electrons. The first-order chi connectivity index (χ1) is 15.0. The number of thioether (sulfide) groups is 2. The Kier molecular flexibility index (Phi) is 6.57. The highest BCUT2D eigenvalue weighted by Crippen LogP contribution is 2.36. The van der Waals surface area contributed by atoms with E-state index in [9.17, 15) is 14.0 Å². The Morgan fingerprint density at radius 2 is 2.06 bits per heavy atom. The van der Waals surface area contributed by atoms with Gasteiger partial charge in [0, 0.05) is 28.9 Å². The zero-order chi connectivity index (χ0) is 21.8. The Hall–Kier alpha value is -2.85. The molecule has 160 valence electrons. The number of fused-ring (bicyclic) bond motifs is 1. The first kappa shape index (κ1) is 21.4. The van der Waals surface area contributed by atoms with E-state index in [4.69, 9.17) is 0 Å². The highest BCUT2D eigenvalue weighted by Gasteiger charge is 2.23. The van der Waals surface area contributed by atoms with Crippen LogP contribution in [-0.4, -0.2) is 38.1 Å². The summed E-state index contributed by atoms with van der Waals surface area (Å²) in [6.07, 6.45) is 2.31. The van der Waals surface area contributed by atoms with E-state index in [0.29, 0.717) is 16.4 Å². The molecular formula is C21H20FN5O2S2. The number of anilines is 1. The van der Waals surface area contributed by atoms with Crippen LogP contribution in [0.5, 0.6) is 0 Å². The van der Waals surface area contributed by atoms with Gasteiger partial charge in [0.25, 0.3) is 5.91 Å². The molecular weight excluding hydrogens is 437 g/mol. The normalized spacial score (nSPS) is 15.2. The Labute approximate surface area is 187 Å². The number of nitrogens with one attached hydrogen (secondary N) is 2. The van der Waals surface area contributed by atoms with E-state index >= 15 is 0 Å². The second kappa shape index (κ2) is 9.52. The van der Waals surface area contributed by atoms with Gasteiger partial charge in [-0.3, -0.25) is 9.59 Å². The Bertz CT molecular complexity index is 1100. The fourth-order valence-corrected chi connectivity index (χ4v) is 4.99. The number of hydrogen-bond donors (Lipinski definition) is 2. The van der Waals surface area contributed by atoms with E-state index in [-0.39, 0.29) is 29.4 Å². The fourth-order valence-electron chi connectivity index (χ4n) is 3.19. The van der Waals surface area contributed by atoms with Crippen LogP contribution in [0.1, 0.15) is 28.4 Å². The summed E-state index contributed by atoms with van der Waals surface area (Å²) in [7, 11) is 1.81. The van der Waals surface area contributed by atoms with Gasteiger partial charge in [0.1, 0.15) is 12.1 Å². The second-order valence-electron chi connectivity index (χ2n) is 6.98. The molecule has 0 fully saturated rings. The first-order valence-electron chi connectivity index (χ1n) is 9.59. The summed E-state index contributed by atoms with van der Waals surface area (Å²) in [5, 5.41) is 14.1. The zero-order valence-electron chi connectivity index (χ0n) is 16.7. The molecule has 4 rings (SSSR count). The summed E-state index contributed by atoms with van der Waals surface area (Å²) in [5.41, 5.74) is 1.89. The van der Waals surface area contributed by atoms with Gasteiger partial charge < -0.3 is 15.2 Å². The molecule has 7 nitrogen and oxygen atoms in total. The number of rotatable bonds is 6. The van der Waals surface area contributed by atoms with Gasteiger partial charge in [0.2, 0.25) is 5.91 Å². The highest BCUT2D eigenvalue weighted by molar-refractivity contribution is 7.99. The molecule has 1 aromatic heterocycles. The van der Waals surface area contributed by atoms with Crippen LogP contribution in [0.2, 0.25) is 0 Å². The minimum atomic E-state index is -0.307. The molecule has 0 saturated heterocycles. The molecule has 1 unspecified atom stereocenters. The van der Waals surface area contributed by atoms with E-state index in [0.717, 1.165) is 22.6 Å². The molecule has 1 aliphatic rings. The SMILES string of the molecule is Cn1cnnc1SCC(=O)Nc1ccc(C(=O)NC2CCSc3ccc(F)cc32)cc1. The highest BCUT2D eigenvalue weighted by atomic mass is 32.2. The van der Waals surface area contributed by atoms with Crippen LogP contribution in [0, 0.1) is 5.82 Å². The third-order valence-electron chi connectivity index (χ3n) is 4.75. The first-order valence-corrected chi connectivity index (χ1v) is 11.6. The van der Waals surface area contributed by atoms with E-state index in [1.807, 2.05) is 7.05 Å². The van der Waals surface area contributed by atoms with Crippen LogP contribution in [0.15, 0.2) is 58.8 Å². The number of benzene rings is 2. The van der Waals surface area contributed by atoms with E-state index < -0.39 is 0 Å². The number of aryl methyl sites for hydroxylation is 1. The molecule has 2 aromatic carbocycles. The summed E-state index contributed by atoms with van der Waals surface area (Å²) >= 11 is 2.96. The lowest BCUT2D eigenvalue weighted by molar-refractivity contribution is -0.113. The van der Waals surface area contributed by atoms with Gasteiger partial charge in [-0.25, -0.2) is 4.39 Å². The maximum Gasteiger partial charge on any atom is 0.251 e. The average molecular weight is 458 g/mol. The van der Waals surface area contributed by atoms with Crippen molar-refractivity contribution in [1.29, 1.82) is 0 Å². The van der Waals surface area contributed by atoms with Gasteiger partial charge in [-0.05, 0) is 54.4 Å². The van der Waals surface area contributed by atoms with Gasteiger partial charge in [0.15, 0.2) is 5.16 Å². The van der Waals surface area contributed by atoms with Crippen molar-refractivity contribution in [2.24, 2.45) is 7.05 Å². The Morgan fingerprint density at radius 3 is 2.81 bits per heavy atom. The van der Waals surface area contributed by atoms with Crippen LogP contribution in [0.25, 0.3) is 0 Å². The average Bonchev–Trinajstić information content (AvgIpc) is 3.18. The minimum Gasteiger partial charge on any atom is -0.345 e. The predicted octanol–water partition coefficient (Wildman–Crippen LogP) is 3.65. The number of aromatic nitrogens is 3. The van der Waals surface area contributed by atoms with Crippen molar-refractivity contribution >= 4 is 41.0 Å². The lowest BCUT2D eigenvalue weighted by Gasteiger charge is -2.26. The number of hydrogen-bond acceptors (Lipinski definition) is 6. The van der Waals surface area contributed by atoms with Gasteiger partial charge in [-0.15, -0.1) is 22.0 Å². The van der Waals surface area contributed by atoms with Crippen LogP contribution in [0.4, 0.5) is 10.1 Å². The molecule has 1 atom stereocenters. The molecule has 2 N–H and O–H groups in total. The standard InChI is InChI=1S/C21H20FN5O2S2/c1-27-12-23-26-21(27)31-11-19(28)24-15-5-2-13(3-6-15)20(29)25-17-8-9-30-18-7-4-14(22)10-16(17)18/h2-7,10,12,17H,8-9,11H2,1H3,(H,24,28)(H,25,29). The lowest BCUT2D eigenvalue weighted by atomic mass is 10.0. The van der Waals surface area contributed by atoms with Crippen molar-refractivity contribution < 1.29 is 14.0 Å². The third-order valence-corrected chi connectivity index (χ3v) is 6.91. The molecule has 1 aliphatic heterocycles. The number of carbonyl (C=O) groups is 2. The maximum absolute atomic E-state index is 13.7. The zero-order valence-corrected chi connectivity index (χ0v) is 18.3. The number of carbonyl (C=O) groups excluding carboxylic acids is 2. The molecule has 2 amide bonds. The van der Waals surface area contributed by atoms with Crippen molar-refractivity contribution in [2.45, 2.75) is 22.5 Å². The van der Waals surface area contributed by atoms with Crippen LogP contribution in [-0.2, 0) is 11.8 Å². The minimum absolute atomic E-state index is 0.177. The van der Waals surface area contributed by atoms with Crippen molar-refractivity contribution in [2.75, 3.05) is 16.8 Å². The fraction of sp³-hybridized carbons (Fsp3) is 0.238. The van der Waals surface area contributed by atoms with Gasteiger partial charge in [0.05, 0.1) is 11.8 Å². The van der Waals surface area contributed by atoms with Crippen molar-refractivity contribution in [3.63, 3.8) is 0 Å². The Morgan fingerprint density at radius 1 is 1.26 bits per heavy atom. The van der Waals surface area contributed by atoms with Crippen LogP contribution < -0.4 is 10.6 Å². The monoisotopic (exact) mass is 457 g/mol. The number of halogens is 1. The molecule has 10 heteroatoms. The molecule has 0 aliphatic carbocycles. The third kappa shape index (κ3) is 5.26. The van der Waals surface area contributed by atoms with E-state index in [2.05, 4.69) is 20.8 Å². The van der Waals surface area contributed by atoms with Gasteiger partial charge >= 0.3 is 0 Å². The van der Waals surface area contributed by atoms with E-state index in [1.165, 1.54) is 23.9 Å². The summed E-state index contributed by atoms with van der Waals surface area (Å²) in [6.45, 7) is 0. The summed E-state index contributed by atoms with van der Waals surface area (Å²) in [6, 6.07) is 11.1. The van der Waals surface area contributed by atoms with Crippen LogP contribution in [0.3, 0.4) is 0 Å². The quantitative estimate of drug-likeness (QED) is 0.550. The van der Waals surface area contributed by atoms with Crippen molar-refractivity contribution in [1.82, 2.24) is 20.1 Å². The predicted molar refractivity (Wildman–Crippen MR) is 119 cm³/mol. The summed E-state index contributed by atoms with van der Waals surface area (Å²) in [5.74, 6) is 0.343. The molecule has 0 saturated carbocycles. The van der Waals surface area contributed by atoms with Gasteiger partial charge in [-0.1, -0.05) is 11.8 Å². The van der Waals surface area contributed by atoms with E-state index in [1.54, 1.807) is 53.0 Å². The number of amides is 2. The topological polar surface area (TPSA) is 88.9 Å². The Balaban J connectivity index is 1.34. The molecule has 0 bridgehead atoms. The van der Waals surface area contributed by atoms with Gasteiger partial charge in [-0.2, -0.15) is 0 Å². The summed E-state index contributed by atoms with van der Waals surface area (Å²) < 4.78 is 15.4. The maximum atomic E-state index is 13.7. The second-order valence-corrected chi connectivity index (χ2v) is 9.06.